The molecule has 0 bridgehead atoms. The molecule has 0 amide bonds. The van der Waals surface area contributed by atoms with Crippen LogP contribution in [0.5, 0.6) is 0 Å². The molecule has 0 atom stereocenters. The Balaban J connectivity index is 0.000000713. The highest BCUT2D eigenvalue weighted by Crippen LogP contribution is 2.15. The van der Waals surface area contributed by atoms with E-state index in [0.29, 0.717) is 0 Å². The second-order valence-corrected chi connectivity index (χ2v) is 6.59. The van der Waals surface area contributed by atoms with Crippen LogP contribution in [0, 0.1) is 6.92 Å². The Hall–Kier alpha value is -4.20. The van der Waals surface area contributed by atoms with E-state index < -0.39 is 0 Å². The Morgan fingerprint density at radius 1 is 0.545 bits per heavy atom. The van der Waals surface area contributed by atoms with Gasteiger partial charge < -0.3 is 0 Å². The molecule has 0 aliphatic carbocycles. The lowest BCUT2D eigenvalue weighted by molar-refractivity contribution is 0.564. The minimum Gasteiger partial charge on any atom is -0.211 e. The van der Waals surface area contributed by atoms with Crippen molar-refractivity contribution in [2.24, 2.45) is 15.0 Å². The SMILES string of the molecule is CN=C=O.CN=C=O.CN=C=O.Cc1cccc(Cc2cccc(Cc3ccccc3)c2)c1. The van der Waals surface area contributed by atoms with E-state index in [2.05, 4.69) is 101 Å². The van der Waals surface area contributed by atoms with Crippen molar-refractivity contribution in [1.29, 1.82) is 0 Å². The topological polar surface area (TPSA) is 88.3 Å². The van der Waals surface area contributed by atoms with Gasteiger partial charge in [0, 0.05) is 21.1 Å². The quantitative estimate of drug-likeness (QED) is 0.418. The molecule has 170 valence electrons. The van der Waals surface area contributed by atoms with Crippen LogP contribution in [0.3, 0.4) is 0 Å². The summed E-state index contributed by atoms with van der Waals surface area (Å²) >= 11 is 0. The maximum atomic E-state index is 8.88. The largest absolute Gasteiger partial charge is 0.234 e. The smallest absolute Gasteiger partial charge is 0.211 e. The molecule has 0 heterocycles. The summed E-state index contributed by atoms with van der Waals surface area (Å²) in [6.45, 7) is 2.15. The van der Waals surface area contributed by atoms with Crippen LogP contribution in [0.2, 0.25) is 0 Å². The van der Waals surface area contributed by atoms with Crippen LogP contribution >= 0.6 is 0 Å². The normalized spacial score (nSPS) is 8.24. The highest BCUT2D eigenvalue weighted by atomic mass is 16.1. The maximum Gasteiger partial charge on any atom is 0.234 e. The summed E-state index contributed by atoms with van der Waals surface area (Å²) in [5.74, 6) is 0. The predicted molar refractivity (Wildman–Crippen MR) is 132 cm³/mol. The highest BCUT2D eigenvalue weighted by molar-refractivity contribution is 5.34. The van der Waals surface area contributed by atoms with Crippen LogP contribution in [0.4, 0.5) is 0 Å². The third kappa shape index (κ3) is 15.3. The molecule has 0 unspecified atom stereocenters. The van der Waals surface area contributed by atoms with Crippen molar-refractivity contribution >= 4 is 18.2 Å². The number of aryl methyl sites for hydroxylation is 1. The van der Waals surface area contributed by atoms with Gasteiger partial charge >= 0.3 is 0 Å². The van der Waals surface area contributed by atoms with Crippen LogP contribution in [0.15, 0.2) is 93.8 Å². The molecule has 0 spiro atoms. The average Bonchev–Trinajstić information content (AvgIpc) is 2.85. The summed E-state index contributed by atoms with van der Waals surface area (Å²) in [4.78, 5) is 35.4. The van der Waals surface area contributed by atoms with Gasteiger partial charge in [-0.3, -0.25) is 0 Å². The molecule has 6 nitrogen and oxygen atoms in total. The van der Waals surface area contributed by atoms with Gasteiger partial charge in [-0.2, -0.15) is 0 Å². The van der Waals surface area contributed by atoms with Gasteiger partial charge in [-0.05, 0) is 42.0 Å². The van der Waals surface area contributed by atoms with Gasteiger partial charge in [-0.1, -0.05) is 84.4 Å². The van der Waals surface area contributed by atoms with E-state index in [1.54, 1.807) is 0 Å². The first-order valence-corrected chi connectivity index (χ1v) is 10.1. The summed E-state index contributed by atoms with van der Waals surface area (Å²) in [7, 11) is 4.15. The number of aliphatic imine (C=N–C) groups is 3. The Labute approximate surface area is 195 Å². The molecule has 0 aliphatic rings. The number of benzene rings is 3. The van der Waals surface area contributed by atoms with E-state index in [-0.39, 0.29) is 0 Å². The Morgan fingerprint density at radius 2 is 0.909 bits per heavy atom. The number of hydrogen-bond acceptors (Lipinski definition) is 6. The van der Waals surface area contributed by atoms with Gasteiger partial charge in [0.05, 0.1) is 0 Å². The average molecular weight is 444 g/mol. The second kappa shape index (κ2) is 19.7. The summed E-state index contributed by atoms with van der Waals surface area (Å²) in [5, 5.41) is 0. The van der Waals surface area contributed by atoms with Crippen LogP contribution in [-0.4, -0.2) is 39.4 Å². The minimum atomic E-state index is 1.00. The molecule has 0 aliphatic heterocycles. The highest BCUT2D eigenvalue weighted by Gasteiger charge is 2.00. The van der Waals surface area contributed by atoms with E-state index in [1.807, 2.05) is 0 Å². The van der Waals surface area contributed by atoms with E-state index >= 15 is 0 Å². The van der Waals surface area contributed by atoms with Crippen molar-refractivity contribution in [2.45, 2.75) is 19.8 Å². The zero-order valence-electron chi connectivity index (χ0n) is 19.5. The third-order valence-electron chi connectivity index (χ3n) is 4.01. The van der Waals surface area contributed by atoms with Crippen molar-refractivity contribution < 1.29 is 14.4 Å². The number of carbonyl (C=O) groups excluding carboxylic acids is 3. The van der Waals surface area contributed by atoms with Gasteiger partial charge in [-0.15, -0.1) is 0 Å². The summed E-state index contributed by atoms with van der Waals surface area (Å²) in [5.41, 5.74) is 6.84. The first kappa shape index (κ1) is 28.8. The molecule has 33 heavy (non-hydrogen) atoms. The monoisotopic (exact) mass is 443 g/mol. The van der Waals surface area contributed by atoms with Gasteiger partial charge in [0.15, 0.2) is 0 Å². The zero-order valence-corrected chi connectivity index (χ0v) is 19.5. The summed E-state index contributed by atoms with van der Waals surface area (Å²) in [6.07, 6.45) is 5.92. The number of isocyanates is 3. The van der Waals surface area contributed by atoms with E-state index in [4.69, 9.17) is 14.4 Å². The van der Waals surface area contributed by atoms with Crippen LogP contribution in [0.1, 0.15) is 27.8 Å². The van der Waals surface area contributed by atoms with E-state index in [1.165, 1.54) is 67.2 Å². The van der Waals surface area contributed by atoms with Crippen molar-refractivity contribution in [3.05, 3.63) is 107 Å². The van der Waals surface area contributed by atoms with Gasteiger partial charge in [-0.25, -0.2) is 29.4 Å². The molecule has 6 heteroatoms. The standard InChI is InChI=1S/C21H20.3C2H3NO/c1-17-7-5-10-19(13-17)15-21-12-6-11-20(16-21)14-18-8-3-2-4-9-18;3*1-3-2-4/h2-13,16H,14-15H2,1H3;3*1H3. The Morgan fingerprint density at radius 3 is 1.33 bits per heavy atom. The molecule has 3 aromatic rings. The fraction of sp³-hybridized carbons (Fsp3) is 0.222. The number of hydrogen-bond donors (Lipinski definition) is 0. The molecule has 0 aromatic heterocycles. The van der Waals surface area contributed by atoms with Crippen LogP contribution in [0.25, 0.3) is 0 Å². The fourth-order valence-electron chi connectivity index (χ4n) is 2.74. The molecule has 0 N–H and O–H groups in total. The minimum absolute atomic E-state index is 1.00. The lowest BCUT2D eigenvalue weighted by atomic mass is 9.99. The second-order valence-electron chi connectivity index (χ2n) is 6.59. The molecule has 0 fully saturated rings. The molecule has 0 saturated heterocycles. The van der Waals surface area contributed by atoms with Crippen molar-refractivity contribution in [3.63, 3.8) is 0 Å². The molecule has 0 saturated carbocycles. The molecular weight excluding hydrogens is 414 g/mol. The fourth-order valence-corrected chi connectivity index (χ4v) is 2.74. The van der Waals surface area contributed by atoms with Crippen molar-refractivity contribution in [2.75, 3.05) is 21.1 Å². The van der Waals surface area contributed by atoms with Gasteiger partial charge in [0.2, 0.25) is 18.2 Å². The lowest BCUT2D eigenvalue weighted by Gasteiger charge is -2.07. The summed E-state index contributed by atoms with van der Waals surface area (Å²) < 4.78 is 0. The van der Waals surface area contributed by atoms with Gasteiger partial charge in [0.25, 0.3) is 0 Å². The molecule has 3 aromatic carbocycles. The Bertz CT molecular complexity index is 1040. The number of rotatable bonds is 4. The predicted octanol–water partition coefficient (Wildman–Crippen LogP) is 5.03. The van der Waals surface area contributed by atoms with E-state index in [0.717, 1.165) is 12.8 Å². The molecular formula is C27H29N3O3. The number of nitrogens with zero attached hydrogens (tertiary/aromatic N) is 3. The maximum absolute atomic E-state index is 8.88. The first-order chi connectivity index (χ1) is 16.0. The zero-order chi connectivity index (χ0) is 24.7. The van der Waals surface area contributed by atoms with E-state index in [9.17, 15) is 0 Å². The van der Waals surface area contributed by atoms with Crippen LogP contribution in [-0.2, 0) is 27.2 Å². The third-order valence-corrected chi connectivity index (χ3v) is 4.01. The molecule has 3 rings (SSSR count). The first-order valence-electron chi connectivity index (χ1n) is 10.1. The summed E-state index contributed by atoms with van der Waals surface area (Å²) in [6, 6.07) is 28.3. The van der Waals surface area contributed by atoms with Gasteiger partial charge in [0.1, 0.15) is 0 Å². The van der Waals surface area contributed by atoms with Crippen LogP contribution < -0.4 is 0 Å². The van der Waals surface area contributed by atoms with Crippen molar-refractivity contribution in [1.82, 2.24) is 0 Å². The lowest BCUT2D eigenvalue weighted by Crippen LogP contribution is -1.92. The Kier molecular flexibility index (Phi) is 17.2. The van der Waals surface area contributed by atoms with Crippen molar-refractivity contribution in [3.8, 4) is 0 Å². The molecule has 0 radical (unpaired) electrons.